The highest BCUT2D eigenvalue weighted by Gasteiger charge is 2.36. The third-order valence-electron chi connectivity index (χ3n) is 3.41. The maximum atomic E-state index is 12.2. The van der Waals surface area contributed by atoms with Gasteiger partial charge in [0.2, 0.25) is 0 Å². The Bertz CT molecular complexity index is 503. The second-order valence-corrected chi connectivity index (χ2v) is 5.77. The fraction of sp³-hybridized carbons (Fsp3) is 0.571. The van der Waals surface area contributed by atoms with Crippen LogP contribution in [0, 0.1) is 0 Å². The minimum atomic E-state index is -0.987. The molecule has 2 N–H and O–H groups in total. The first kappa shape index (κ1) is 15.8. The lowest BCUT2D eigenvalue weighted by atomic mass is 10.0. The summed E-state index contributed by atoms with van der Waals surface area (Å²) in [4.78, 5) is 26.2. The molecule has 1 aromatic heterocycles. The molecule has 0 bridgehead atoms. The second kappa shape index (κ2) is 7.42. The van der Waals surface area contributed by atoms with Crippen LogP contribution in [0.15, 0.2) is 11.4 Å². The topological polar surface area (TPSA) is 78.9 Å². The number of carboxylic acid groups (broad SMARTS) is 1. The SMILES string of the molecule is CCOCCCNC(=O)N1CCc2sccc2C1C(=O)O. The zero-order valence-corrected chi connectivity index (χ0v) is 12.8. The Kier molecular flexibility index (Phi) is 5.58. The maximum absolute atomic E-state index is 12.2. The van der Waals surface area contributed by atoms with Crippen LogP contribution in [0.5, 0.6) is 0 Å². The van der Waals surface area contributed by atoms with Crippen molar-refractivity contribution in [2.45, 2.75) is 25.8 Å². The molecule has 1 aliphatic heterocycles. The van der Waals surface area contributed by atoms with Crippen molar-refractivity contribution in [3.05, 3.63) is 21.9 Å². The van der Waals surface area contributed by atoms with Crippen molar-refractivity contribution in [1.82, 2.24) is 10.2 Å². The number of nitrogens with zero attached hydrogens (tertiary/aromatic N) is 1. The fourth-order valence-electron chi connectivity index (χ4n) is 2.42. The molecule has 2 rings (SSSR count). The van der Waals surface area contributed by atoms with Gasteiger partial charge in [0.05, 0.1) is 0 Å². The van der Waals surface area contributed by atoms with Crippen molar-refractivity contribution in [3.63, 3.8) is 0 Å². The number of hydrogen-bond donors (Lipinski definition) is 2. The van der Waals surface area contributed by atoms with Gasteiger partial charge in [0.1, 0.15) is 0 Å². The van der Waals surface area contributed by atoms with E-state index >= 15 is 0 Å². The molecule has 1 atom stereocenters. The van der Waals surface area contributed by atoms with E-state index in [-0.39, 0.29) is 6.03 Å². The van der Waals surface area contributed by atoms with Gasteiger partial charge in [-0.2, -0.15) is 0 Å². The summed E-state index contributed by atoms with van der Waals surface area (Å²) in [6.07, 6.45) is 1.43. The summed E-state index contributed by atoms with van der Waals surface area (Å²) in [5.41, 5.74) is 0.739. The number of carbonyl (C=O) groups is 2. The zero-order valence-electron chi connectivity index (χ0n) is 12.0. The smallest absolute Gasteiger partial charge is 0.331 e. The van der Waals surface area contributed by atoms with Crippen LogP contribution in [0.25, 0.3) is 0 Å². The first-order valence-corrected chi connectivity index (χ1v) is 7.94. The van der Waals surface area contributed by atoms with Crippen molar-refractivity contribution in [2.75, 3.05) is 26.3 Å². The van der Waals surface area contributed by atoms with Gasteiger partial charge in [-0.25, -0.2) is 9.59 Å². The molecule has 1 aliphatic rings. The van der Waals surface area contributed by atoms with E-state index in [1.54, 1.807) is 17.4 Å². The first-order chi connectivity index (χ1) is 10.1. The molecule has 1 unspecified atom stereocenters. The van der Waals surface area contributed by atoms with E-state index in [4.69, 9.17) is 4.74 Å². The van der Waals surface area contributed by atoms with Crippen LogP contribution >= 0.6 is 11.3 Å². The highest BCUT2D eigenvalue weighted by molar-refractivity contribution is 7.10. The molecule has 6 nitrogen and oxygen atoms in total. The van der Waals surface area contributed by atoms with Gasteiger partial charge >= 0.3 is 12.0 Å². The van der Waals surface area contributed by atoms with Crippen molar-refractivity contribution < 1.29 is 19.4 Å². The zero-order chi connectivity index (χ0) is 15.2. The number of rotatable bonds is 6. The average molecular weight is 312 g/mol. The Morgan fingerprint density at radius 1 is 1.57 bits per heavy atom. The number of amides is 2. The lowest BCUT2D eigenvalue weighted by molar-refractivity contribution is -0.142. The standard InChI is InChI=1S/C14H20N2O4S/c1-2-20-8-3-6-15-14(19)16-7-4-11-10(5-9-21-11)12(16)13(17)18/h5,9,12H,2-4,6-8H2,1H3,(H,15,19)(H,17,18). The molecule has 1 aromatic rings. The van der Waals surface area contributed by atoms with Crippen molar-refractivity contribution in [1.29, 1.82) is 0 Å². The summed E-state index contributed by atoms with van der Waals surface area (Å²) >= 11 is 1.55. The van der Waals surface area contributed by atoms with Gasteiger partial charge < -0.3 is 20.1 Å². The Labute approximate surface area is 127 Å². The lowest BCUT2D eigenvalue weighted by Crippen LogP contribution is -2.48. The van der Waals surface area contributed by atoms with E-state index in [1.807, 2.05) is 12.3 Å². The Morgan fingerprint density at radius 3 is 3.10 bits per heavy atom. The molecule has 0 fully saturated rings. The predicted molar refractivity (Wildman–Crippen MR) is 79.6 cm³/mol. The van der Waals surface area contributed by atoms with Gasteiger partial charge in [0.15, 0.2) is 6.04 Å². The number of ether oxygens (including phenoxy) is 1. The number of hydrogen-bond acceptors (Lipinski definition) is 4. The van der Waals surface area contributed by atoms with Crippen LogP contribution in [0.2, 0.25) is 0 Å². The predicted octanol–water partition coefficient (Wildman–Crippen LogP) is 1.87. The summed E-state index contributed by atoms with van der Waals surface area (Å²) < 4.78 is 5.20. The van der Waals surface area contributed by atoms with E-state index in [9.17, 15) is 14.7 Å². The van der Waals surface area contributed by atoms with E-state index in [0.717, 1.165) is 16.9 Å². The van der Waals surface area contributed by atoms with Crippen molar-refractivity contribution >= 4 is 23.3 Å². The highest BCUT2D eigenvalue weighted by atomic mass is 32.1. The minimum absolute atomic E-state index is 0.323. The number of nitrogens with one attached hydrogen (secondary N) is 1. The van der Waals surface area contributed by atoms with Crippen molar-refractivity contribution in [3.8, 4) is 0 Å². The number of carbonyl (C=O) groups excluding carboxylic acids is 1. The van der Waals surface area contributed by atoms with Crippen LogP contribution in [0.3, 0.4) is 0 Å². The monoisotopic (exact) mass is 312 g/mol. The molecule has 2 heterocycles. The number of thiophene rings is 1. The third kappa shape index (κ3) is 3.74. The number of carboxylic acids is 1. The molecule has 2 amide bonds. The molecule has 0 radical (unpaired) electrons. The van der Waals surface area contributed by atoms with Crippen LogP contribution in [-0.4, -0.2) is 48.3 Å². The third-order valence-corrected chi connectivity index (χ3v) is 4.40. The number of fused-ring (bicyclic) bond motifs is 1. The highest BCUT2D eigenvalue weighted by Crippen LogP contribution is 2.33. The molecule has 0 saturated heterocycles. The van der Waals surface area contributed by atoms with Gasteiger partial charge in [-0.05, 0) is 36.8 Å². The molecule has 0 aromatic carbocycles. The molecule has 7 heteroatoms. The van der Waals surface area contributed by atoms with Crippen LogP contribution in [0.1, 0.15) is 29.8 Å². The van der Waals surface area contributed by atoms with E-state index in [0.29, 0.717) is 32.7 Å². The maximum Gasteiger partial charge on any atom is 0.331 e. The van der Waals surface area contributed by atoms with E-state index in [1.165, 1.54) is 4.90 Å². The number of aliphatic carboxylic acids is 1. The Hall–Kier alpha value is -1.60. The van der Waals surface area contributed by atoms with Gasteiger partial charge in [-0.1, -0.05) is 0 Å². The Balaban J connectivity index is 1.95. The normalized spacial score (nSPS) is 17.4. The van der Waals surface area contributed by atoms with Gasteiger partial charge in [-0.15, -0.1) is 11.3 Å². The van der Waals surface area contributed by atoms with E-state index in [2.05, 4.69) is 5.32 Å². The summed E-state index contributed by atoms with van der Waals surface area (Å²) in [6, 6.07) is 0.593. The molecule has 0 saturated carbocycles. The molecule has 0 aliphatic carbocycles. The summed E-state index contributed by atoms with van der Waals surface area (Å²) in [6.45, 7) is 4.08. The van der Waals surface area contributed by atoms with Crippen LogP contribution < -0.4 is 5.32 Å². The van der Waals surface area contributed by atoms with E-state index < -0.39 is 12.0 Å². The first-order valence-electron chi connectivity index (χ1n) is 7.06. The van der Waals surface area contributed by atoms with Gasteiger partial charge in [0.25, 0.3) is 0 Å². The fourth-order valence-corrected chi connectivity index (χ4v) is 3.32. The van der Waals surface area contributed by atoms with Crippen LogP contribution in [-0.2, 0) is 16.0 Å². The van der Waals surface area contributed by atoms with Crippen LogP contribution in [0.4, 0.5) is 4.79 Å². The van der Waals surface area contributed by atoms with Gasteiger partial charge in [0, 0.05) is 31.2 Å². The largest absolute Gasteiger partial charge is 0.479 e. The summed E-state index contributed by atoms with van der Waals surface area (Å²) in [5.74, 6) is -0.987. The quantitative estimate of drug-likeness (QED) is 0.786. The summed E-state index contributed by atoms with van der Waals surface area (Å²) in [7, 11) is 0. The molecule has 116 valence electrons. The molecule has 0 spiro atoms. The molecular weight excluding hydrogens is 292 g/mol. The minimum Gasteiger partial charge on any atom is -0.479 e. The van der Waals surface area contributed by atoms with Gasteiger partial charge in [-0.3, -0.25) is 0 Å². The Morgan fingerprint density at radius 2 is 2.38 bits per heavy atom. The lowest BCUT2D eigenvalue weighted by Gasteiger charge is -2.33. The molecular formula is C14H20N2O4S. The second-order valence-electron chi connectivity index (χ2n) is 4.77. The molecule has 21 heavy (non-hydrogen) atoms. The van der Waals surface area contributed by atoms with Crippen molar-refractivity contribution in [2.24, 2.45) is 0 Å². The summed E-state index contributed by atoms with van der Waals surface area (Å²) in [5, 5.41) is 14.1. The average Bonchev–Trinajstić information content (AvgIpc) is 2.93. The number of urea groups is 1.